The predicted molar refractivity (Wildman–Crippen MR) is 92.7 cm³/mol. The van der Waals surface area contributed by atoms with Crippen LogP contribution in [-0.4, -0.2) is 25.3 Å². The molecule has 3 aromatic rings. The van der Waals surface area contributed by atoms with Crippen molar-refractivity contribution < 1.29 is 4.79 Å². The lowest BCUT2D eigenvalue weighted by atomic mass is 9.38. The second-order valence-corrected chi connectivity index (χ2v) is 8.41. The number of rotatable bonds is 5. The molecule has 124 valence electrons. The molecule has 0 spiro atoms. The minimum absolute atomic E-state index is 0.179. The van der Waals surface area contributed by atoms with E-state index in [0.717, 1.165) is 48.7 Å². The van der Waals surface area contributed by atoms with Gasteiger partial charge in [-0.3, -0.25) is 4.79 Å². The van der Waals surface area contributed by atoms with Crippen molar-refractivity contribution in [3.8, 4) is 0 Å². The zero-order valence-corrected chi connectivity index (χ0v) is 14.2. The Bertz CT molecular complexity index is 944. The van der Waals surface area contributed by atoms with Crippen LogP contribution in [-0.2, 0) is 10.3 Å². The molecule has 0 aromatic carbocycles. The summed E-state index contributed by atoms with van der Waals surface area (Å²) in [4.78, 5) is 24.4. The lowest BCUT2D eigenvalue weighted by Crippen LogP contribution is -2.67. The van der Waals surface area contributed by atoms with E-state index in [1.165, 1.54) is 5.52 Å². The highest BCUT2D eigenvalue weighted by atomic mass is 16.1. The van der Waals surface area contributed by atoms with Gasteiger partial charge >= 0.3 is 0 Å². The molecule has 3 aromatic heterocycles. The fourth-order valence-electron chi connectivity index (χ4n) is 5.20. The first-order chi connectivity index (χ1) is 11.5. The van der Waals surface area contributed by atoms with Gasteiger partial charge in [0.1, 0.15) is 16.9 Å². The van der Waals surface area contributed by atoms with Crippen LogP contribution in [0, 0.1) is 11.3 Å². The molecule has 0 aliphatic heterocycles. The summed E-state index contributed by atoms with van der Waals surface area (Å²) >= 11 is 0. The van der Waals surface area contributed by atoms with Crippen LogP contribution in [0.15, 0.2) is 24.8 Å². The standard InChI is InChI=1S/C19H22N4O/c1-12(2)5-13(24)6-18-8-19(9-18,10-18)23-11-22-15-7-21-17-14(16(15)23)3-4-20-17/h3-4,7,11-12H,5-6,8-10H2,1-2H3,(H,20,21). The Balaban J connectivity index is 1.43. The van der Waals surface area contributed by atoms with Gasteiger partial charge < -0.3 is 9.55 Å². The van der Waals surface area contributed by atoms with Crippen molar-refractivity contribution >= 4 is 27.9 Å². The van der Waals surface area contributed by atoms with Gasteiger partial charge in [-0.25, -0.2) is 9.97 Å². The normalized spacial score (nSPS) is 28.3. The van der Waals surface area contributed by atoms with Crippen LogP contribution in [0.1, 0.15) is 46.0 Å². The van der Waals surface area contributed by atoms with Crippen LogP contribution in [0.2, 0.25) is 0 Å². The molecule has 2 bridgehead atoms. The molecule has 3 saturated carbocycles. The van der Waals surface area contributed by atoms with Crippen LogP contribution in [0.3, 0.4) is 0 Å². The van der Waals surface area contributed by atoms with Gasteiger partial charge in [0.2, 0.25) is 0 Å². The van der Waals surface area contributed by atoms with E-state index in [2.05, 4.69) is 39.4 Å². The molecule has 0 radical (unpaired) electrons. The van der Waals surface area contributed by atoms with Crippen LogP contribution >= 0.6 is 0 Å². The summed E-state index contributed by atoms with van der Waals surface area (Å²) in [5, 5.41) is 1.14. The molecule has 1 N–H and O–H groups in total. The Morgan fingerprint density at radius 3 is 2.88 bits per heavy atom. The Labute approximate surface area is 140 Å². The highest BCUT2D eigenvalue weighted by Gasteiger charge is 2.69. The topological polar surface area (TPSA) is 63.6 Å². The summed E-state index contributed by atoms with van der Waals surface area (Å²) in [6.07, 6.45) is 10.6. The van der Waals surface area contributed by atoms with E-state index in [1.54, 1.807) is 0 Å². The van der Waals surface area contributed by atoms with E-state index in [1.807, 2.05) is 18.7 Å². The van der Waals surface area contributed by atoms with Crippen molar-refractivity contribution in [2.75, 3.05) is 0 Å². The molecule has 6 rings (SSSR count). The smallest absolute Gasteiger partial charge is 0.139 e. The number of imidazole rings is 1. The molecular weight excluding hydrogens is 300 g/mol. The van der Waals surface area contributed by atoms with E-state index >= 15 is 0 Å². The number of aromatic nitrogens is 4. The number of hydrogen-bond acceptors (Lipinski definition) is 3. The molecule has 24 heavy (non-hydrogen) atoms. The van der Waals surface area contributed by atoms with E-state index in [4.69, 9.17) is 0 Å². The zero-order chi connectivity index (χ0) is 16.5. The summed E-state index contributed by atoms with van der Waals surface area (Å²) in [6, 6.07) is 2.08. The van der Waals surface area contributed by atoms with E-state index in [-0.39, 0.29) is 11.0 Å². The van der Waals surface area contributed by atoms with Crippen molar-refractivity contribution in [2.24, 2.45) is 11.3 Å². The van der Waals surface area contributed by atoms with Gasteiger partial charge in [0.05, 0.1) is 18.0 Å². The fourth-order valence-corrected chi connectivity index (χ4v) is 5.20. The molecule has 3 fully saturated rings. The van der Waals surface area contributed by atoms with Gasteiger partial charge in [-0.1, -0.05) is 13.8 Å². The molecule has 0 amide bonds. The number of aromatic amines is 1. The van der Waals surface area contributed by atoms with Gasteiger partial charge in [-0.15, -0.1) is 0 Å². The van der Waals surface area contributed by atoms with Gasteiger partial charge in [0, 0.05) is 30.0 Å². The minimum Gasteiger partial charge on any atom is -0.346 e. The van der Waals surface area contributed by atoms with Crippen molar-refractivity contribution in [3.63, 3.8) is 0 Å². The Hall–Kier alpha value is -2.17. The molecule has 5 nitrogen and oxygen atoms in total. The van der Waals surface area contributed by atoms with Crippen LogP contribution in [0.4, 0.5) is 0 Å². The number of ketones is 1. The number of H-pyrrole nitrogens is 1. The molecule has 0 atom stereocenters. The lowest BCUT2D eigenvalue weighted by molar-refractivity contribution is -0.191. The minimum atomic E-state index is 0.179. The zero-order valence-electron chi connectivity index (χ0n) is 14.2. The van der Waals surface area contributed by atoms with Crippen LogP contribution in [0.25, 0.3) is 22.1 Å². The van der Waals surface area contributed by atoms with E-state index < -0.39 is 0 Å². The van der Waals surface area contributed by atoms with Crippen molar-refractivity contribution in [2.45, 2.75) is 51.5 Å². The van der Waals surface area contributed by atoms with Gasteiger partial charge in [-0.2, -0.15) is 0 Å². The molecule has 5 heteroatoms. The SMILES string of the molecule is CC(C)CC(=O)CC12CC(n3cnc4cnc5[nH]ccc5c43)(C1)C2. The average molecular weight is 322 g/mol. The van der Waals surface area contributed by atoms with Crippen molar-refractivity contribution in [3.05, 3.63) is 24.8 Å². The first-order valence-electron chi connectivity index (χ1n) is 8.82. The summed E-state index contributed by atoms with van der Waals surface area (Å²) in [7, 11) is 0. The maximum Gasteiger partial charge on any atom is 0.139 e. The number of nitrogens with zero attached hydrogens (tertiary/aromatic N) is 3. The summed E-state index contributed by atoms with van der Waals surface area (Å²) in [5.74, 6) is 0.900. The maximum atomic E-state index is 12.2. The largest absolute Gasteiger partial charge is 0.346 e. The molecular formula is C19H22N4O. The summed E-state index contributed by atoms with van der Waals surface area (Å²) < 4.78 is 2.36. The van der Waals surface area contributed by atoms with Gasteiger partial charge in [0.25, 0.3) is 0 Å². The van der Waals surface area contributed by atoms with Crippen LogP contribution < -0.4 is 0 Å². The van der Waals surface area contributed by atoms with Gasteiger partial charge in [0.15, 0.2) is 0 Å². The third-order valence-corrected chi connectivity index (χ3v) is 5.92. The third-order valence-electron chi connectivity index (χ3n) is 5.92. The predicted octanol–water partition coefficient (Wildman–Crippen LogP) is 3.80. The quantitative estimate of drug-likeness (QED) is 0.777. The van der Waals surface area contributed by atoms with E-state index in [9.17, 15) is 4.79 Å². The molecule has 3 aliphatic carbocycles. The second-order valence-electron chi connectivity index (χ2n) is 8.41. The highest BCUT2D eigenvalue weighted by molar-refractivity contribution is 6.01. The fraction of sp³-hybridized carbons (Fsp3) is 0.526. The van der Waals surface area contributed by atoms with E-state index in [0.29, 0.717) is 11.7 Å². The number of carbonyl (C=O) groups is 1. The molecule has 3 heterocycles. The monoisotopic (exact) mass is 322 g/mol. The number of hydrogen-bond donors (Lipinski definition) is 1. The number of carbonyl (C=O) groups excluding carboxylic acids is 1. The third kappa shape index (κ3) is 1.78. The van der Waals surface area contributed by atoms with Crippen LogP contribution in [0.5, 0.6) is 0 Å². The molecule has 3 aliphatic rings. The van der Waals surface area contributed by atoms with Crippen molar-refractivity contribution in [1.29, 1.82) is 0 Å². The Morgan fingerprint density at radius 2 is 2.12 bits per heavy atom. The Morgan fingerprint density at radius 1 is 1.33 bits per heavy atom. The highest BCUT2D eigenvalue weighted by Crippen LogP contribution is 2.73. The number of pyridine rings is 1. The second kappa shape index (κ2) is 4.47. The first kappa shape index (κ1) is 14.2. The summed E-state index contributed by atoms with van der Waals surface area (Å²) in [5.41, 5.74) is 3.50. The molecule has 0 saturated heterocycles. The number of nitrogens with one attached hydrogen (secondary N) is 1. The number of fused-ring (bicyclic) bond motifs is 3. The van der Waals surface area contributed by atoms with Crippen molar-refractivity contribution in [1.82, 2.24) is 19.5 Å². The average Bonchev–Trinajstić information content (AvgIpc) is 3.05. The maximum absolute atomic E-state index is 12.2. The number of Topliss-reactive ketones (excluding diaryl/α,β-unsaturated/α-hetero) is 1. The molecule has 0 unspecified atom stereocenters. The summed E-state index contributed by atoms with van der Waals surface area (Å²) in [6.45, 7) is 4.24. The first-order valence-corrected chi connectivity index (χ1v) is 8.82. The lowest BCUT2D eigenvalue weighted by Gasteiger charge is -2.71. The van der Waals surface area contributed by atoms with Gasteiger partial charge in [-0.05, 0) is 36.7 Å². The Kier molecular flexibility index (Phi) is 2.64.